The van der Waals surface area contributed by atoms with Crippen LogP contribution in [0.1, 0.15) is 56.4 Å². The van der Waals surface area contributed by atoms with Crippen LogP contribution in [-0.2, 0) is 22.6 Å². The first-order chi connectivity index (χ1) is 30.6. The summed E-state index contributed by atoms with van der Waals surface area (Å²) in [6.45, 7) is 6.92. The molecular formula is C49H49ClFN5O6S. The first kappa shape index (κ1) is 43.7. The maximum atomic E-state index is 14.8. The standard InChI is InChI=1S/C49H49ClFN5O6S/c1-29-24-37(30(2)44(50)46(29)60-23-19-31-17-21-56(3)22-18-31)42-43-41(27-53-45(42)33-11-9-12-34(51)25-33)63-55-48(43)62-40(49(57)58)26-32-10-5-7-14-38(32)61-28-35-16-20-52-47(54-35)36-13-6-8-15-39(36)59-4/h5-16,20,25,27,29,31,40H,17-19,21-24,26,28H2,1-4H3,(H,57,58)/t29?,40-/m1/s1. The van der Waals surface area contributed by atoms with Gasteiger partial charge in [0.25, 0.3) is 0 Å². The van der Waals surface area contributed by atoms with Crippen LogP contribution < -0.4 is 14.2 Å². The molecule has 8 rings (SSSR count). The number of ether oxygens (including phenoxy) is 4. The van der Waals surface area contributed by atoms with E-state index in [9.17, 15) is 14.3 Å². The van der Waals surface area contributed by atoms with E-state index in [0.717, 1.165) is 66.4 Å². The summed E-state index contributed by atoms with van der Waals surface area (Å²) in [6, 6.07) is 22.8. The molecule has 14 heteroatoms. The second kappa shape index (κ2) is 19.7. The van der Waals surface area contributed by atoms with Crippen LogP contribution in [0, 0.1) is 17.7 Å². The van der Waals surface area contributed by atoms with Gasteiger partial charge in [-0.1, -0.05) is 61.0 Å². The van der Waals surface area contributed by atoms with E-state index in [2.05, 4.69) is 28.2 Å². The highest BCUT2D eigenvalue weighted by Gasteiger charge is 2.32. The van der Waals surface area contributed by atoms with Crippen molar-refractivity contribution < 1.29 is 33.2 Å². The lowest BCUT2D eigenvalue weighted by Gasteiger charge is -2.31. The molecule has 63 heavy (non-hydrogen) atoms. The fourth-order valence-electron chi connectivity index (χ4n) is 8.32. The number of pyridine rings is 1. The number of carbonyl (C=O) groups is 1. The molecule has 2 atom stereocenters. The van der Waals surface area contributed by atoms with Crippen LogP contribution in [-0.4, -0.2) is 75.3 Å². The molecule has 0 amide bonds. The highest BCUT2D eigenvalue weighted by atomic mass is 35.5. The van der Waals surface area contributed by atoms with Gasteiger partial charge in [-0.2, -0.15) is 4.37 Å². The van der Waals surface area contributed by atoms with Gasteiger partial charge in [0.2, 0.25) is 12.0 Å². The fraction of sp³-hybridized carbons (Fsp3) is 0.327. The third kappa shape index (κ3) is 9.86. The highest BCUT2D eigenvalue weighted by molar-refractivity contribution is 7.13. The number of aliphatic carboxylic acids is 1. The Morgan fingerprint density at radius 3 is 2.57 bits per heavy atom. The molecule has 0 bridgehead atoms. The van der Waals surface area contributed by atoms with Crippen molar-refractivity contribution in [2.24, 2.45) is 11.8 Å². The van der Waals surface area contributed by atoms with Crippen LogP contribution in [0.3, 0.4) is 0 Å². The lowest BCUT2D eigenvalue weighted by Crippen LogP contribution is -2.30. The molecule has 3 aromatic heterocycles. The molecule has 1 unspecified atom stereocenters. The number of carboxylic acids is 1. The van der Waals surface area contributed by atoms with Gasteiger partial charge in [-0.3, -0.25) is 4.98 Å². The summed E-state index contributed by atoms with van der Waals surface area (Å²) in [5, 5.41) is 11.8. The predicted molar refractivity (Wildman–Crippen MR) is 243 cm³/mol. The average Bonchev–Trinajstić information content (AvgIpc) is 3.71. The van der Waals surface area contributed by atoms with Crippen LogP contribution in [0.5, 0.6) is 17.4 Å². The molecule has 1 aliphatic carbocycles. The molecule has 2 aliphatic rings. The van der Waals surface area contributed by atoms with E-state index in [1.807, 2.05) is 49.4 Å². The second-order valence-corrected chi connectivity index (χ2v) is 17.3. The van der Waals surface area contributed by atoms with Gasteiger partial charge in [0.1, 0.15) is 29.7 Å². The number of hydrogen-bond donors (Lipinski definition) is 1. The molecule has 11 nitrogen and oxygen atoms in total. The van der Waals surface area contributed by atoms with E-state index < -0.39 is 17.9 Å². The van der Waals surface area contributed by atoms with Gasteiger partial charge in [0, 0.05) is 35.9 Å². The topological polar surface area (TPSA) is 129 Å². The van der Waals surface area contributed by atoms with Gasteiger partial charge >= 0.3 is 5.97 Å². The van der Waals surface area contributed by atoms with Crippen LogP contribution in [0.2, 0.25) is 0 Å². The molecule has 1 fully saturated rings. The minimum absolute atomic E-state index is 0.0382. The lowest BCUT2D eigenvalue weighted by atomic mass is 9.83. The number of rotatable bonds is 16. The van der Waals surface area contributed by atoms with Gasteiger partial charge in [0.15, 0.2) is 5.82 Å². The second-order valence-electron chi connectivity index (χ2n) is 16.1. The van der Waals surface area contributed by atoms with Crippen molar-refractivity contribution in [3.05, 3.63) is 130 Å². The minimum Gasteiger partial charge on any atom is -0.496 e. The number of aromatic nitrogens is 4. The van der Waals surface area contributed by atoms with E-state index in [1.54, 1.807) is 43.8 Å². The Labute approximate surface area is 375 Å². The Morgan fingerprint density at radius 1 is 1.02 bits per heavy atom. The third-order valence-corrected chi connectivity index (χ3v) is 13.0. The Hall–Kier alpha value is -5.89. The molecule has 1 aliphatic heterocycles. The molecule has 0 spiro atoms. The van der Waals surface area contributed by atoms with Crippen molar-refractivity contribution in [1.29, 1.82) is 0 Å². The molecule has 1 saturated heterocycles. The molecule has 1 N–H and O–H groups in total. The minimum atomic E-state index is -1.36. The summed E-state index contributed by atoms with van der Waals surface area (Å²) in [5.74, 6) is 1.45. The number of piperidine rings is 1. The molecule has 0 saturated carbocycles. The number of nitrogens with zero attached hydrogens (tertiary/aromatic N) is 5. The Bertz CT molecular complexity index is 2680. The Balaban J connectivity index is 1.09. The van der Waals surface area contributed by atoms with Gasteiger partial charge in [0.05, 0.1) is 45.8 Å². The summed E-state index contributed by atoms with van der Waals surface area (Å²) in [7, 11) is 3.76. The van der Waals surface area contributed by atoms with Crippen molar-refractivity contribution in [3.8, 4) is 40.0 Å². The Kier molecular flexibility index (Phi) is 13.6. The number of hydrogen-bond acceptors (Lipinski definition) is 11. The van der Waals surface area contributed by atoms with E-state index in [-0.39, 0.29) is 24.8 Å². The molecule has 4 heterocycles. The zero-order chi connectivity index (χ0) is 44.0. The molecular weight excluding hydrogens is 841 g/mol. The Morgan fingerprint density at radius 2 is 1.79 bits per heavy atom. The van der Waals surface area contributed by atoms with Crippen LogP contribution in [0.4, 0.5) is 4.39 Å². The largest absolute Gasteiger partial charge is 0.496 e. The maximum Gasteiger partial charge on any atom is 0.345 e. The van der Waals surface area contributed by atoms with Gasteiger partial charge in [-0.05, 0) is 123 Å². The number of benzene rings is 3. The van der Waals surface area contributed by atoms with E-state index >= 15 is 0 Å². The number of carboxylic acid groups (broad SMARTS) is 1. The highest BCUT2D eigenvalue weighted by Crippen LogP contribution is 2.48. The van der Waals surface area contributed by atoms with Crippen molar-refractivity contribution in [2.75, 3.05) is 33.9 Å². The first-order valence-corrected chi connectivity index (χ1v) is 22.2. The first-order valence-electron chi connectivity index (χ1n) is 21.1. The zero-order valence-corrected chi connectivity index (χ0v) is 37.2. The molecule has 326 valence electrons. The summed E-state index contributed by atoms with van der Waals surface area (Å²) in [5.41, 5.74) is 5.39. The van der Waals surface area contributed by atoms with Gasteiger partial charge in [-0.25, -0.2) is 19.2 Å². The zero-order valence-electron chi connectivity index (χ0n) is 35.6. The number of para-hydroxylation sites is 2. The summed E-state index contributed by atoms with van der Waals surface area (Å²) < 4.78 is 44.9. The lowest BCUT2D eigenvalue weighted by molar-refractivity contribution is -0.145. The molecule has 3 aromatic carbocycles. The van der Waals surface area contributed by atoms with Crippen LogP contribution in [0.25, 0.3) is 38.3 Å². The van der Waals surface area contributed by atoms with Gasteiger partial charge in [-0.15, -0.1) is 0 Å². The SMILES string of the molecule is COc1ccccc1-c1nccc(COc2ccccc2C[C@@H](Oc2nsc3cnc(-c4cccc(F)c4)c(C4=C(C)C(Cl)=C(OCCC5CCN(C)CC5)C(C)C4)c23)C(=O)O)n1. The predicted octanol–water partition coefficient (Wildman–Crippen LogP) is 10.6. The van der Waals surface area contributed by atoms with Gasteiger partial charge < -0.3 is 29.0 Å². The van der Waals surface area contributed by atoms with Crippen molar-refractivity contribution in [1.82, 2.24) is 24.2 Å². The number of methoxy groups -OCH3 is 1. The number of halogens is 2. The molecule has 0 radical (unpaired) electrons. The van der Waals surface area contributed by atoms with E-state index in [1.165, 1.54) is 12.1 Å². The number of allylic oxidation sites excluding steroid dienone is 4. The van der Waals surface area contributed by atoms with Crippen molar-refractivity contribution in [3.63, 3.8) is 0 Å². The summed E-state index contributed by atoms with van der Waals surface area (Å²) in [4.78, 5) is 29.4. The van der Waals surface area contributed by atoms with E-state index in [4.69, 9.17) is 40.5 Å². The van der Waals surface area contributed by atoms with Crippen molar-refractivity contribution >= 4 is 44.8 Å². The average molecular weight is 890 g/mol. The fourth-order valence-corrected chi connectivity index (χ4v) is 9.37. The number of fused-ring (bicyclic) bond motifs is 1. The summed E-state index contributed by atoms with van der Waals surface area (Å²) >= 11 is 8.36. The monoisotopic (exact) mass is 889 g/mol. The normalized spacial score (nSPS) is 16.6. The van der Waals surface area contributed by atoms with Crippen molar-refractivity contribution in [2.45, 2.75) is 58.7 Å². The summed E-state index contributed by atoms with van der Waals surface area (Å²) in [6.07, 6.45) is 5.76. The third-order valence-electron chi connectivity index (χ3n) is 11.8. The number of likely N-dealkylation sites (tertiary alicyclic amines) is 1. The van der Waals surface area contributed by atoms with E-state index in [0.29, 0.717) is 79.5 Å². The van der Waals surface area contributed by atoms with Crippen LogP contribution >= 0.6 is 23.1 Å². The smallest absolute Gasteiger partial charge is 0.345 e. The van der Waals surface area contributed by atoms with Crippen LogP contribution in [0.15, 0.2) is 108 Å². The maximum absolute atomic E-state index is 14.8. The molecule has 6 aromatic rings. The quantitative estimate of drug-likeness (QED) is 0.0997.